The molecular formula is C16H24NO4P. The Hall–Kier alpha value is -1.16. The Kier molecular flexibility index (Phi) is 5.79. The summed E-state index contributed by atoms with van der Waals surface area (Å²) in [5.74, 6) is 0. The van der Waals surface area contributed by atoms with Crippen molar-refractivity contribution in [2.24, 2.45) is 0 Å². The van der Waals surface area contributed by atoms with Crippen molar-refractivity contribution in [1.82, 2.24) is 0 Å². The number of hydrogen-bond acceptors (Lipinski definition) is 4. The van der Waals surface area contributed by atoms with Gasteiger partial charge in [-0.2, -0.15) is 4.74 Å². The average Bonchev–Trinajstić information content (AvgIpc) is 2.89. The second kappa shape index (κ2) is 7.40. The van der Waals surface area contributed by atoms with Crippen LogP contribution in [-0.4, -0.2) is 29.4 Å². The number of nitrogens with zero attached hydrogens (tertiary/aromatic N) is 1. The molecule has 1 heterocycles. The molecular weight excluding hydrogens is 301 g/mol. The molecule has 0 bridgehead atoms. The van der Waals surface area contributed by atoms with Gasteiger partial charge < -0.3 is 14.3 Å². The van der Waals surface area contributed by atoms with Gasteiger partial charge in [-0.1, -0.05) is 30.3 Å². The lowest BCUT2D eigenvalue weighted by Crippen LogP contribution is -2.38. The quantitative estimate of drug-likeness (QED) is 0.412. The van der Waals surface area contributed by atoms with Gasteiger partial charge in [0, 0.05) is 19.3 Å². The van der Waals surface area contributed by atoms with Crippen LogP contribution in [0.1, 0.15) is 38.7 Å². The molecule has 5 nitrogen and oxygen atoms in total. The zero-order valence-corrected chi connectivity index (χ0v) is 14.1. The van der Waals surface area contributed by atoms with Gasteiger partial charge >= 0.3 is 7.60 Å². The van der Waals surface area contributed by atoms with Gasteiger partial charge in [0.2, 0.25) is 0 Å². The minimum absolute atomic E-state index is 0.262. The minimum Gasteiger partial charge on any atom is -0.623 e. The maximum Gasteiger partial charge on any atom is 0.402 e. The van der Waals surface area contributed by atoms with Crippen LogP contribution in [0.2, 0.25) is 0 Å². The first-order valence-electron chi connectivity index (χ1n) is 7.81. The molecule has 0 fully saturated rings. The van der Waals surface area contributed by atoms with Crippen molar-refractivity contribution in [2.75, 3.05) is 13.2 Å². The summed E-state index contributed by atoms with van der Waals surface area (Å²) < 4.78 is 25.1. The van der Waals surface area contributed by atoms with E-state index in [4.69, 9.17) is 9.05 Å². The number of aryl methyl sites for hydroxylation is 1. The van der Waals surface area contributed by atoms with Crippen molar-refractivity contribution in [3.63, 3.8) is 0 Å². The second-order valence-electron chi connectivity index (χ2n) is 5.35. The first kappa shape index (κ1) is 17.2. The Morgan fingerprint density at radius 1 is 1.23 bits per heavy atom. The lowest BCUT2D eigenvalue weighted by atomic mass is 10.0. The fourth-order valence-electron chi connectivity index (χ4n) is 2.93. The van der Waals surface area contributed by atoms with Gasteiger partial charge in [-0.05, 0) is 25.8 Å². The Labute approximate surface area is 132 Å². The summed E-state index contributed by atoms with van der Waals surface area (Å²) in [5.41, 5.74) is 1.11. The first-order valence-corrected chi connectivity index (χ1v) is 9.35. The summed E-state index contributed by atoms with van der Waals surface area (Å²) in [7, 11) is -3.51. The third-order valence-electron chi connectivity index (χ3n) is 4.01. The lowest BCUT2D eigenvalue weighted by Gasteiger charge is -2.33. The van der Waals surface area contributed by atoms with Crippen LogP contribution in [0.25, 0.3) is 0 Å². The van der Waals surface area contributed by atoms with Crippen molar-refractivity contribution >= 4 is 13.8 Å². The molecule has 0 spiro atoms. The Bertz CT molecular complexity index is 551. The molecule has 1 aromatic carbocycles. The molecule has 1 atom stereocenters. The predicted molar refractivity (Wildman–Crippen MR) is 87.3 cm³/mol. The zero-order valence-electron chi connectivity index (χ0n) is 13.2. The van der Waals surface area contributed by atoms with Crippen molar-refractivity contribution in [2.45, 2.75) is 44.8 Å². The maximum absolute atomic E-state index is 13.3. The smallest absolute Gasteiger partial charge is 0.402 e. The summed E-state index contributed by atoms with van der Waals surface area (Å²) in [4.78, 5) is 0. The number of benzene rings is 1. The van der Waals surface area contributed by atoms with Crippen molar-refractivity contribution in [1.29, 1.82) is 0 Å². The van der Waals surface area contributed by atoms with Gasteiger partial charge in [0.05, 0.1) is 13.2 Å². The van der Waals surface area contributed by atoms with Crippen LogP contribution in [0.3, 0.4) is 0 Å². The minimum atomic E-state index is -3.51. The standard InChI is InChI=1S/C16H24NO4P/c1-3-20-22(19,21-4-2)16(12-8-14-17(16)18)13-11-15-9-6-5-7-10-15/h5-7,9-10,14H,3-4,8,11-13H2,1-2H3/t16-/m1/s1. The lowest BCUT2D eigenvalue weighted by molar-refractivity contribution is -0.513. The average molecular weight is 325 g/mol. The van der Waals surface area contributed by atoms with Gasteiger partial charge in [-0.3, -0.25) is 4.57 Å². The Balaban J connectivity index is 2.28. The van der Waals surface area contributed by atoms with Crippen molar-refractivity contribution < 1.29 is 18.4 Å². The Morgan fingerprint density at radius 3 is 2.36 bits per heavy atom. The monoisotopic (exact) mass is 325 g/mol. The fourth-order valence-corrected chi connectivity index (χ4v) is 5.28. The zero-order chi connectivity index (χ0) is 16.1. The van der Waals surface area contributed by atoms with Crippen LogP contribution in [0.15, 0.2) is 30.3 Å². The molecule has 22 heavy (non-hydrogen) atoms. The molecule has 0 radical (unpaired) electrons. The van der Waals surface area contributed by atoms with E-state index in [1.807, 2.05) is 30.3 Å². The molecule has 0 aromatic heterocycles. The van der Waals surface area contributed by atoms with E-state index in [9.17, 15) is 9.77 Å². The van der Waals surface area contributed by atoms with Gasteiger partial charge in [-0.25, -0.2) is 0 Å². The van der Waals surface area contributed by atoms with Crippen LogP contribution >= 0.6 is 7.60 Å². The van der Waals surface area contributed by atoms with Crippen LogP contribution in [0.5, 0.6) is 0 Å². The molecule has 0 amide bonds. The molecule has 0 N–H and O–H groups in total. The molecule has 0 saturated carbocycles. The van der Waals surface area contributed by atoms with Gasteiger partial charge in [0.1, 0.15) is 0 Å². The first-order chi connectivity index (χ1) is 10.6. The van der Waals surface area contributed by atoms with Gasteiger partial charge in [0.15, 0.2) is 6.21 Å². The van der Waals surface area contributed by atoms with E-state index >= 15 is 0 Å². The SMILES string of the molecule is CCOP(=O)(OCC)[C@@]1(CCc2ccccc2)CCC=[N+]1[O-]. The van der Waals surface area contributed by atoms with Crippen LogP contribution in [0, 0.1) is 5.21 Å². The normalized spacial score (nSPS) is 21.8. The summed E-state index contributed by atoms with van der Waals surface area (Å²) in [6, 6.07) is 9.89. The van der Waals surface area contributed by atoms with E-state index in [2.05, 4.69) is 0 Å². The molecule has 122 valence electrons. The van der Waals surface area contributed by atoms with Gasteiger partial charge in [0.25, 0.3) is 5.28 Å². The summed E-state index contributed by atoms with van der Waals surface area (Å²) in [5, 5.41) is 11.3. The third kappa shape index (κ3) is 3.27. The predicted octanol–water partition coefficient (Wildman–Crippen LogP) is 3.96. The number of hydroxylamine groups is 1. The van der Waals surface area contributed by atoms with E-state index in [-0.39, 0.29) is 13.2 Å². The highest BCUT2D eigenvalue weighted by Gasteiger charge is 2.59. The van der Waals surface area contributed by atoms with E-state index in [1.165, 1.54) is 0 Å². The molecule has 0 saturated heterocycles. The second-order valence-corrected chi connectivity index (χ2v) is 7.69. The van der Waals surface area contributed by atoms with Crippen LogP contribution in [0.4, 0.5) is 0 Å². The van der Waals surface area contributed by atoms with Gasteiger partial charge in [-0.15, -0.1) is 0 Å². The maximum atomic E-state index is 13.3. The molecule has 1 aliphatic heterocycles. The van der Waals surface area contributed by atoms with Crippen LogP contribution < -0.4 is 0 Å². The van der Waals surface area contributed by atoms with E-state index in [1.54, 1.807) is 20.1 Å². The van der Waals surface area contributed by atoms with E-state index < -0.39 is 12.9 Å². The molecule has 1 aliphatic rings. The molecule has 6 heteroatoms. The highest BCUT2D eigenvalue weighted by atomic mass is 31.2. The van der Waals surface area contributed by atoms with Crippen LogP contribution in [-0.2, 0) is 20.0 Å². The highest BCUT2D eigenvalue weighted by Crippen LogP contribution is 2.64. The summed E-state index contributed by atoms with van der Waals surface area (Å²) in [6.45, 7) is 4.06. The fraction of sp³-hybridized carbons (Fsp3) is 0.562. The molecule has 0 unspecified atom stereocenters. The van der Waals surface area contributed by atoms with E-state index in [0.29, 0.717) is 25.7 Å². The summed E-state index contributed by atoms with van der Waals surface area (Å²) >= 11 is 0. The number of rotatable bonds is 8. The van der Waals surface area contributed by atoms with E-state index in [0.717, 1.165) is 10.3 Å². The highest BCUT2D eigenvalue weighted by molar-refractivity contribution is 7.55. The molecule has 1 aromatic rings. The Morgan fingerprint density at radius 2 is 1.86 bits per heavy atom. The largest absolute Gasteiger partial charge is 0.623 e. The molecule has 2 rings (SSSR count). The third-order valence-corrected chi connectivity index (χ3v) is 6.87. The number of hydrogen-bond donors (Lipinski definition) is 0. The summed E-state index contributed by atoms with van der Waals surface area (Å²) in [6.07, 6.45) is 3.77. The molecule has 0 aliphatic carbocycles. The van der Waals surface area contributed by atoms with Crippen molar-refractivity contribution in [3.8, 4) is 0 Å². The van der Waals surface area contributed by atoms with Crippen molar-refractivity contribution in [3.05, 3.63) is 41.1 Å². The topological polar surface area (TPSA) is 61.6 Å².